The minimum absolute atomic E-state index is 0.0945. The zero-order chi connectivity index (χ0) is 15.2. The molecule has 21 heavy (non-hydrogen) atoms. The molecule has 0 aliphatic rings. The summed E-state index contributed by atoms with van der Waals surface area (Å²) < 4.78 is 33.2. The molecule has 4 nitrogen and oxygen atoms in total. The number of thiazole rings is 1. The van der Waals surface area contributed by atoms with Crippen molar-refractivity contribution in [1.82, 2.24) is 4.98 Å². The van der Waals surface area contributed by atoms with E-state index < -0.39 is 6.61 Å². The summed E-state index contributed by atoms with van der Waals surface area (Å²) in [7, 11) is 0. The molecule has 0 spiro atoms. The lowest BCUT2D eigenvalue weighted by atomic mass is 10.2. The fourth-order valence-corrected chi connectivity index (χ4v) is 2.49. The number of carbonyl (C=O) groups excluding carboxylic acids is 1. The van der Waals surface area contributed by atoms with Crippen molar-refractivity contribution in [1.29, 1.82) is 0 Å². The normalized spacial score (nSPS) is 10.7. The minimum atomic E-state index is -2.84. The molecule has 1 heterocycles. The first-order valence-electron chi connectivity index (χ1n) is 6.23. The molecule has 0 aliphatic carbocycles. The van der Waals surface area contributed by atoms with E-state index in [0.717, 1.165) is 5.56 Å². The largest absolute Gasteiger partial charge is 0.466 e. The molecule has 2 aromatic rings. The van der Waals surface area contributed by atoms with Gasteiger partial charge >= 0.3 is 12.6 Å². The SMILES string of the molecule is CCOC(=O)Cc1csc(-c2ccc(OC(F)F)cc2)n1. The van der Waals surface area contributed by atoms with Gasteiger partial charge in [-0.3, -0.25) is 4.79 Å². The second-order valence-corrected chi connectivity index (χ2v) is 4.89. The van der Waals surface area contributed by atoms with Crippen LogP contribution in [0.4, 0.5) is 8.78 Å². The maximum Gasteiger partial charge on any atom is 0.387 e. The predicted octanol–water partition coefficient (Wildman–Crippen LogP) is 3.52. The molecule has 0 N–H and O–H groups in total. The van der Waals surface area contributed by atoms with E-state index in [1.807, 2.05) is 0 Å². The molecule has 1 aromatic heterocycles. The van der Waals surface area contributed by atoms with Crippen molar-refractivity contribution in [3.63, 3.8) is 0 Å². The van der Waals surface area contributed by atoms with Crippen molar-refractivity contribution >= 4 is 17.3 Å². The van der Waals surface area contributed by atoms with Gasteiger partial charge < -0.3 is 9.47 Å². The maximum absolute atomic E-state index is 12.1. The molecule has 0 aliphatic heterocycles. The number of ether oxygens (including phenoxy) is 2. The average molecular weight is 313 g/mol. The fraction of sp³-hybridized carbons (Fsp3) is 0.286. The van der Waals surface area contributed by atoms with Gasteiger partial charge in [0.25, 0.3) is 0 Å². The molecule has 0 unspecified atom stereocenters. The molecule has 1 aromatic carbocycles. The smallest absolute Gasteiger partial charge is 0.387 e. The van der Waals surface area contributed by atoms with Crippen LogP contribution in [0.25, 0.3) is 10.6 Å². The highest BCUT2D eigenvalue weighted by atomic mass is 32.1. The third-order valence-corrected chi connectivity index (χ3v) is 3.45. The minimum Gasteiger partial charge on any atom is -0.466 e. The molecule has 0 bridgehead atoms. The molecule has 112 valence electrons. The number of hydrogen-bond acceptors (Lipinski definition) is 5. The van der Waals surface area contributed by atoms with E-state index in [0.29, 0.717) is 17.3 Å². The van der Waals surface area contributed by atoms with Crippen LogP contribution in [0.15, 0.2) is 29.6 Å². The number of benzene rings is 1. The van der Waals surface area contributed by atoms with Crippen molar-refractivity contribution in [2.75, 3.05) is 6.61 Å². The second-order valence-electron chi connectivity index (χ2n) is 4.03. The van der Waals surface area contributed by atoms with Crippen molar-refractivity contribution in [3.8, 4) is 16.3 Å². The molecule has 0 saturated carbocycles. The summed E-state index contributed by atoms with van der Waals surface area (Å²) in [5.74, 6) is -0.230. The van der Waals surface area contributed by atoms with E-state index >= 15 is 0 Å². The van der Waals surface area contributed by atoms with Crippen molar-refractivity contribution in [2.24, 2.45) is 0 Å². The van der Waals surface area contributed by atoms with E-state index in [9.17, 15) is 13.6 Å². The number of halogens is 2. The Hall–Kier alpha value is -2.02. The van der Waals surface area contributed by atoms with E-state index in [1.54, 1.807) is 24.4 Å². The number of aromatic nitrogens is 1. The number of nitrogens with zero attached hydrogens (tertiary/aromatic N) is 1. The highest BCUT2D eigenvalue weighted by Gasteiger charge is 2.10. The first-order valence-corrected chi connectivity index (χ1v) is 7.11. The quantitative estimate of drug-likeness (QED) is 0.766. The molecule has 0 saturated heterocycles. The Balaban J connectivity index is 2.05. The van der Waals surface area contributed by atoms with Gasteiger partial charge in [-0.25, -0.2) is 4.98 Å². The Kier molecular flexibility index (Phi) is 5.21. The van der Waals surface area contributed by atoms with Crippen LogP contribution >= 0.6 is 11.3 Å². The first-order chi connectivity index (χ1) is 10.1. The lowest BCUT2D eigenvalue weighted by Crippen LogP contribution is -2.07. The van der Waals surface area contributed by atoms with E-state index in [2.05, 4.69) is 9.72 Å². The van der Waals surface area contributed by atoms with Crippen LogP contribution in [-0.2, 0) is 16.0 Å². The lowest BCUT2D eigenvalue weighted by molar-refractivity contribution is -0.142. The van der Waals surface area contributed by atoms with Gasteiger partial charge in [0.1, 0.15) is 10.8 Å². The third kappa shape index (κ3) is 4.49. The summed E-state index contributed by atoms with van der Waals surface area (Å²) in [5, 5.41) is 2.48. The van der Waals surface area contributed by atoms with Crippen molar-refractivity contribution in [3.05, 3.63) is 35.3 Å². The average Bonchev–Trinajstić information content (AvgIpc) is 2.87. The summed E-state index contributed by atoms with van der Waals surface area (Å²) in [4.78, 5) is 15.7. The van der Waals surface area contributed by atoms with Crippen LogP contribution in [0.5, 0.6) is 5.75 Å². The molecular formula is C14H13F2NO3S. The van der Waals surface area contributed by atoms with Gasteiger partial charge in [0.2, 0.25) is 0 Å². The fourth-order valence-electron chi connectivity index (χ4n) is 1.66. The summed E-state index contributed by atoms with van der Waals surface area (Å²) >= 11 is 1.37. The monoisotopic (exact) mass is 313 g/mol. The van der Waals surface area contributed by atoms with Gasteiger partial charge in [-0.05, 0) is 31.2 Å². The lowest BCUT2D eigenvalue weighted by Gasteiger charge is -2.04. The Morgan fingerprint density at radius 3 is 2.67 bits per heavy atom. The number of alkyl halides is 2. The van der Waals surface area contributed by atoms with Crippen LogP contribution in [0.2, 0.25) is 0 Å². The second kappa shape index (κ2) is 7.12. The Morgan fingerprint density at radius 2 is 2.05 bits per heavy atom. The predicted molar refractivity (Wildman–Crippen MR) is 74.5 cm³/mol. The van der Waals surface area contributed by atoms with Gasteiger partial charge in [-0.1, -0.05) is 0 Å². The van der Waals surface area contributed by atoms with Crippen LogP contribution in [-0.4, -0.2) is 24.2 Å². The van der Waals surface area contributed by atoms with Crippen molar-refractivity contribution < 1.29 is 23.0 Å². The molecule has 0 radical (unpaired) electrons. The van der Waals surface area contributed by atoms with Crippen LogP contribution in [0.1, 0.15) is 12.6 Å². The highest BCUT2D eigenvalue weighted by molar-refractivity contribution is 7.13. The topological polar surface area (TPSA) is 48.4 Å². The van der Waals surface area contributed by atoms with Crippen LogP contribution in [0.3, 0.4) is 0 Å². The summed E-state index contributed by atoms with van der Waals surface area (Å²) in [5.41, 5.74) is 1.40. The Bertz CT molecular complexity index is 599. The first kappa shape index (κ1) is 15.4. The number of carbonyl (C=O) groups is 1. The molecule has 0 amide bonds. The van der Waals surface area contributed by atoms with E-state index in [4.69, 9.17) is 4.74 Å². The molecule has 2 rings (SSSR count). The number of rotatable bonds is 6. The maximum atomic E-state index is 12.1. The van der Waals surface area contributed by atoms with Gasteiger partial charge in [-0.2, -0.15) is 8.78 Å². The van der Waals surface area contributed by atoms with Gasteiger partial charge in [0.05, 0.1) is 18.7 Å². The third-order valence-electron chi connectivity index (χ3n) is 2.51. The standard InChI is InChI=1S/C14H13F2NO3S/c1-2-19-12(18)7-10-8-21-13(17-10)9-3-5-11(6-4-9)20-14(15)16/h3-6,8,14H,2,7H2,1H3. The van der Waals surface area contributed by atoms with Crippen LogP contribution < -0.4 is 4.74 Å². The molecule has 0 fully saturated rings. The van der Waals surface area contributed by atoms with Crippen LogP contribution in [0, 0.1) is 0 Å². The van der Waals surface area contributed by atoms with Crippen molar-refractivity contribution in [2.45, 2.75) is 20.0 Å². The summed E-state index contributed by atoms with van der Waals surface area (Å²) in [6, 6.07) is 6.19. The zero-order valence-corrected chi connectivity index (χ0v) is 12.0. The Morgan fingerprint density at radius 1 is 1.33 bits per heavy atom. The van der Waals surface area contributed by atoms with Gasteiger partial charge in [0.15, 0.2) is 0 Å². The molecule has 7 heteroatoms. The zero-order valence-electron chi connectivity index (χ0n) is 11.2. The molecule has 0 atom stereocenters. The Labute approximate surface area is 124 Å². The van der Waals surface area contributed by atoms with Gasteiger partial charge in [-0.15, -0.1) is 11.3 Å². The number of hydrogen-bond donors (Lipinski definition) is 0. The number of esters is 1. The molecular weight excluding hydrogens is 300 g/mol. The van der Waals surface area contributed by atoms with E-state index in [1.165, 1.54) is 23.5 Å². The van der Waals surface area contributed by atoms with Gasteiger partial charge in [0, 0.05) is 10.9 Å². The summed E-state index contributed by atoms with van der Waals surface area (Å²) in [6.07, 6.45) is 0.122. The van der Waals surface area contributed by atoms with E-state index in [-0.39, 0.29) is 18.1 Å². The highest BCUT2D eigenvalue weighted by Crippen LogP contribution is 2.26. The summed E-state index contributed by atoms with van der Waals surface area (Å²) in [6.45, 7) is -0.763.